The number of hydrogen-bond donors (Lipinski definition) is 2. The first-order valence-electron chi connectivity index (χ1n) is 6.72. The van der Waals surface area contributed by atoms with Crippen molar-refractivity contribution in [1.29, 1.82) is 0 Å². The fourth-order valence-corrected chi connectivity index (χ4v) is 2.59. The van der Waals surface area contributed by atoms with E-state index in [1.54, 1.807) is 13.0 Å². The van der Waals surface area contributed by atoms with Gasteiger partial charge in [-0.25, -0.2) is 0 Å². The molecule has 1 fully saturated rings. The Morgan fingerprint density at radius 1 is 1.35 bits per heavy atom. The van der Waals surface area contributed by atoms with E-state index in [0.29, 0.717) is 0 Å². The second-order valence-electron chi connectivity index (χ2n) is 5.40. The Balaban J connectivity index is 2.26. The summed E-state index contributed by atoms with van der Waals surface area (Å²) in [6.45, 7) is 3.66. The highest BCUT2D eigenvalue weighted by molar-refractivity contribution is 5.95. The van der Waals surface area contributed by atoms with Crippen LogP contribution in [0.4, 0.5) is 11.4 Å². The summed E-state index contributed by atoms with van der Waals surface area (Å²) in [5.74, 6) is -0.474. The lowest BCUT2D eigenvalue weighted by atomic mass is 10.0. The van der Waals surface area contributed by atoms with Gasteiger partial charge >= 0.3 is 0 Å². The molecule has 108 valence electrons. The molecule has 1 aliphatic rings. The molecule has 2 atom stereocenters. The van der Waals surface area contributed by atoms with Crippen molar-refractivity contribution >= 4 is 17.3 Å². The van der Waals surface area contributed by atoms with Crippen LogP contribution < -0.4 is 11.1 Å². The number of rotatable bonds is 3. The SMILES string of the molecule is Cc1cc(NC(=O)C2CCCC2N)c([N+](=O)[O-])cc1C. The van der Waals surface area contributed by atoms with E-state index in [4.69, 9.17) is 5.73 Å². The zero-order valence-corrected chi connectivity index (χ0v) is 11.7. The quantitative estimate of drug-likeness (QED) is 0.654. The Morgan fingerprint density at radius 2 is 2.00 bits per heavy atom. The van der Waals surface area contributed by atoms with E-state index < -0.39 is 4.92 Å². The van der Waals surface area contributed by atoms with E-state index in [0.717, 1.165) is 30.4 Å². The molecule has 2 rings (SSSR count). The lowest BCUT2D eigenvalue weighted by molar-refractivity contribution is -0.384. The average Bonchev–Trinajstić information content (AvgIpc) is 2.79. The zero-order valence-electron chi connectivity index (χ0n) is 11.7. The van der Waals surface area contributed by atoms with Gasteiger partial charge in [-0.2, -0.15) is 0 Å². The fourth-order valence-electron chi connectivity index (χ4n) is 2.59. The van der Waals surface area contributed by atoms with Crippen molar-refractivity contribution in [2.75, 3.05) is 5.32 Å². The molecule has 1 aromatic rings. The number of aryl methyl sites for hydroxylation is 2. The highest BCUT2D eigenvalue weighted by atomic mass is 16.6. The molecule has 0 saturated heterocycles. The number of carbonyl (C=O) groups is 1. The highest BCUT2D eigenvalue weighted by Gasteiger charge is 2.31. The summed E-state index contributed by atoms with van der Waals surface area (Å²) in [4.78, 5) is 22.8. The summed E-state index contributed by atoms with van der Waals surface area (Å²) < 4.78 is 0. The minimum Gasteiger partial charge on any atom is -0.327 e. The van der Waals surface area contributed by atoms with Crippen LogP contribution in [0.3, 0.4) is 0 Å². The molecule has 0 aromatic heterocycles. The Bertz CT molecular complexity index is 557. The van der Waals surface area contributed by atoms with Crippen LogP contribution in [0.5, 0.6) is 0 Å². The normalized spacial score (nSPS) is 21.8. The monoisotopic (exact) mass is 277 g/mol. The number of benzene rings is 1. The van der Waals surface area contributed by atoms with Gasteiger partial charge in [-0.3, -0.25) is 14.9 Å². The van der Waals surface area contributed by atoms with Gasteiger partial charge in [0.2, 0.25) is 5.91 Å². The van der Waals surface area contributed by atoms with Gasteiger partial charge in [0.25, 0.3) is 5.69 Å². The van der Waals surface area contributed by atoms with Gasteiger partial charge in [-0.1, -0.05) is 6.42 Å². The van der Waals surface area contributed by atoms with Crippen molar-refractivity contribution in [1.82, 2.24) is 0 Å². The number of nitrogens with one attached hydrogen (secondary N) is 1. The van der Waals surface area contributed by atoms with Gasteiger partial charge in [0.05, 0.1) is 10.8 Å². The second-order valence-corrected chi connectivity index (χ2v) is 5.40. The van der Waals surface area contributed by atoms with Crippen molar-refractivity contribution in [2.45, 2.75) is 39.2 Å². The average molecular weight is 277 g/mol. The van der Waals surface area contributed by atoms with E-state index in [1.807, 2.05) is 6.92 Å². The number of nitrogens with two attached hydrogens (primary N) is 1. The second kappa shape index (κ2) is 5.58. The number of hydrogen-bond acceptors (Lipinski definition) is 4. The van der Waals surface area contributed by atoms with Gasteiger partial charge in [-0.15, -0.1) is 0 Å². The fraction of sp³-hybridized carbons (Fsp3) is 0.500. The first kappa shape index (κ1) is 14.5. The van der Waals surface area contributed by atoms with Gasteiger partial charge < -0.3 is 11.1 Å². The summed E-state index contributed by atoms with van der Waals surface area (Å²) in [5, 5.41) is 13.8. The third kappa shape index (κ3) is 2.80. The zero-order chi connectivity index (χ0) is 14.9. The molecule has 1 aromatic carbocycles. The van der Waals surface area contributed by atoms with E-state index in [2.05, 4.69) is 5.32 Å². The number of anilines is 1. The molecule has 6 nitrogen and oxygen atoms in total. The van der Waals surface area contributed by atoms with Gasteiger partial charge in [0.1, 0.15) is 5.69 Å². The van der Waals surface area contributed by atoms with Crippen LogP contribution in [0, 0.1) is 29.9 Å². The number of amides is 1. The summed E-state index contributed by atoms with van der Waals surface area (Å²) in [6.07, 6.45) is 2.49. The van der Waals surface area contributed by atoms with E-state index >= 15 is 0 Å². The maximum atomic E-state index is 12.2. The maximum absolute atomic E-state index is 12.2. The van der Waals surface area contributed by atoms with Crippen molar-refractivity contribution in [2.24, 2.45) is 11.7 Å². The molecule has 1 aliphatic carbocycles. The van der Waals surface area contributed by atoms with Crippen LogP contribution in [-0.2, 0) is 4.79 Å². The van der Waals surface area contributed by atoms with E-state index in [-0.39, 0.29) is 29.2 Å². The molecule has 0 bridgehead atoms. The molecule has 0 heterocycles. The summed E-state index contributed by atoms with van der Waals surface area (Å²) >= 11 is 0. The molecule has 6 heteroatoms. The van der Waals surface area contributed by atoms with Crippen LogP contribution >= 0.6 is 0 Å². The predicted octanol–water partition coefficient (Wildman–Crippen LogP) is 2.28. The molecular weight excluding hydrogens is 258 g/mol. The largest absolute Gasteiger partial charge is 0.327 e. The van der Waals surface area contributed by atoms with Gasteiger partial charge in [0.15, 0.2) is 0 Å². The van der Waals surface area contributed by atoms with Crippen molar-refractivity contribution in [3.63, 3.8) is 0 Å². The summed E-state index contributed by atoms with van der Waals surface area (Å²) in [7, 11) is 0. The highest BCUT2D eigenvalue weighted by Crippen LogP contribution is 2.30. The number of nitrogens with zero attached hydrogens (tertiary/aromatic N) is 1. The first-order valence-corrected chi connectivity index (χ1v) is 6.72. The Morgan fingerprint density at radius 3 is 2.55 bits per heavy atom. The standard InChI is InChI=1S/C14H19N3O3/c1-8-6-12(13(17(19)20)7-9(8)2)16-14(18)10-4-3-5-11(10)15/h6-7,10-11H,3-5,15H2,1-2H3,(H,16,18). The third-order valence-electron chi connectivity index (χ3n) is 3.97. The Kier molecular flexibility index (Phi) is 4.04. The smallest absolute Gasteiger partial charge is 0.293 e. The summed E-state index contributed by atoms with van der Waals surface area (Å²) in [6, 6.07) is 2.98. The summed E-state index contributed by atoms with van der Waals surface area (Å²) in [5.41, 5.74) is 7.80. The Labute approximate surface area is 117 Å². The van der Waals surface area contributed by atoms with Crippen molar-refractivity contribution < 1.29 is 9.72 Å². The van der Waals surface area contributed by atoms with E-state index in [1.165, 1.54) is 6.07 Å². The van der Waals surface area contributed by atoms with Gasteiger partial charge in [-0.05, 0) is 43.9 Å². The minimum absolute atomic E-state index is 0.0759. The first-order chi connectivity index (χ1) is 9.40. The lowest BCUT2D eigenvalue weighted by Gasteiger charge is -2.15. The van der Waals surface area contributed by atoms with Crippen molar-refractivity contribution in [3.8, 4) is 0 Å². The van der Waals surface area contributed by atoms with Crippen LogP contribution in [0.25, 0.3) is 0 Å². The molecule has 0 radical (unpaired) electrons. The molecule has 3 N–H and O–H groups in total. The number of nitro benzene ring substituents is 1. The van der Waals surface area contributed by atoms with Crippen LogP contribution in [0.2, 0.25) is 0 Å². The minimum atomic E-state index is -0.476. The van der Waals surface area contributed by atoms with Crippen LogP contribution in [0.15, 0.2) is 12.1 Å². The molecular formula is C14H19N3O3. The molecule has 0 aliphatic heterocycles. The molecule has 0 spiro atoms. The van der Waals surface area contributed by atoms with Crippen LogP contribution in [-0.4, -0.2) is 16.9 Å². The molecule has 2 unspecified atom stereocenters. The van der Waals surface area contributed by atoms with Crippen molar-refractivity contribution in [3.05, 3.63) is 33.4 Å². The topological polar surface area (TPSA) is 98.3 Å². The van der Waals surface area contributed by atoms with Crippen LogP contribution in [0.1, 0.15) is 30.4 Å². The number of carbonyl (C=O) groups excluding carboxylic acids is 1. The maximum Gasteiger partial charge on any atom is 0.293 e. The molecule has 20 heavy (non-hydrogen) atoms. The lowest BCUT2D eigenvalue weighted by Crippen LogP contribution is -2.34. The number of nitro groups is 1. The van der Waals surface area contributed by atoms with Gasteiger partial charge in [0, 0.05) is 12.1 Å². The molecule has 1 saturated carbocycles. The Hall–Kier alpha value is -1.95. The predicted molar refractivity (Wildman–Crippen MR) is 76.5 cm³/mol. The molecule has 1 amide bonds. The third-order valence-corrected chi connectivity index (χ3v) is 3.97. The van der Waals surface area contributed by atoms with E-state index in [9.17, 15) is 14.9 Å².